The molecule has 1 aliphatic carbocycles. The van der Waals surface area contributed by atoms with Gasteiger partial charge in [0, 0.05) is 29.4 Å². The van der Waals surface area contributed by atoms with Gasteiger partial charge in [-0.25, -0.2) is 0 Å². The van der Waals surface area contributed by atoms with Crippen LogP contribution in [0.2, 0.25) is 5.02 Å². The van der Waals surface area contributed by atoms with E-state index in [0.717, 1.165) is 18.4 Å². The zero-order valence-electron chi connectivity index (χ0n) is 18.3. The summed E-state index contributed by atoms with van der Waals surface area (Å²) < 4.78 is 0. The molecular formula is C24H33ClN2O3. The lowest BCUT2D eigenvalue weighted by molar-refractivity contribution is -0.157. The molecule has 5 nitrogen and oxygen atoms in total. The number of benzene rings is 1. The van der Waals surface area contributed by atoms with Gasteiger partial charge in [-0.05, 0) is 42.9 Å². The molecule has 30 heavy (non-hydrogen) atoms. The van der Waals surface area contributed by atoms with Crippen molar-refractivity contribution < 1.29 is 14.7 Å². The number of halogens is 1. The molecule has 0 spiro atoms. The highest BCUT2D eigenvalue weighted by Gasteiger charge is 2.50. The maximum Gasteiger partial charge on any atom is 0.245 e. The van der Waals surface area contributed by atoms with E-state index in [2.05, 4.69) is 5.32 Å². The predicted molar refractivity (Wildman–Crippen MR) is 119 cm³/mol. The number of amides is 2. The molecule has 0 unspecified atom stereocenters. The first-order chi connectivity index (χ1) is 14.0. The predicted octanol–water partition coefficient (Wildman–Crippen LogP) is 3.89. The Morgan fingerprint density at radius 1 is 1.17 bits per heavy atom. The average Bonchev–Trinajstić information content (AvgIpc) is 3.22. The second-order valence-electron chi connectivity index (χ2n) is 9.63. The highest BCUT2D eigenvalue weighted by molar-refractivity contribution is 6.30. The van der Waals surface area contributed by atoms with Crippen molar-refractivity contribution in [3.8, 4) is 0 Å². The molecular weight excluding hydrogens is 400 g/mol. The summed E-state index contributed by atoms with van der Waals surface area (Å²) in [6, 6.07) is 6.72. The Hall–Kier alpha value is -1.85. The molecule has 2 amide bonds. The minimum Gasteiger partial charge on any atom is -0.384 e. The minimum atomic E-state index is -1.06. The number of carbonyl (C=O) groups is 2. The molecule has 1 saturated heterocycles. The Balaban J connectivity index is 1.73. The van der Waals surface area contributed by atoms with Gasteiger partial charge in [-0.15, -0.1) is 0 Å². The number of rotatable bonds is 5. The van der Waals surface area contributed by atoms with Gasteiger partial charge in [0.05, 0.1) is 5.60 Å². The lowest BCUT2D eigenvalue weighted by Gasteiger charge is -2.51. The number of nitrogens with zero attached hydrogens (tertiary/aromatic N) is 1. The second kappa shape index (κ2) is 8.72. The van der Waals surface area contributed by atoms with Crippen LogP contribution >= 0.6 is 11.6 Å². The summed E-state index contributed by atoms with van der Waals surface area (Å²) in [7, 11) is 0. The largest absolute Gasteiger partial charge is 0.384 e. The van der Waals surface area contributed by atoms with Crippen LogP contribution in [0.1, 0.15) is 52.5 Å². The molecule has 0 saturated carbocycles. The molecule has 1 aliphatic heterocycles. The Morgan fingerprint density at radius 2 is 1.77 bits per heavy atom. The van der Waals surface area contributed by atoms with E-state index in [-0.39, 0.29) is 23.7 Å². The van der Waals surface area contributed by atoms with Gasteiger partial charge in [0.1, 0.15) is 6.04 Å². The number of aliphatic hydroxyl groups is 1. The topological polar surface area (TPSA) is 69.6 Å². The minimum absolute atomic E-state index is 0.0176. The van der Waals surface area contributed by atoms with Crippen molar-refractivity contribution in [3.63, 3.8) is 0 Å². The summed E-state index contributed by atoms with van der Waals surface area (Å²) in [5, 5.41) is 15.2. The first-order valence-corrected chi connectivity index (χ1v) is 11.2. The summed E-state index contributed by atoms with van der Waals surface area (Å²) in [6.07, 6.45) is 5.92. The van der Waals surface area contributed by atoms with Gasteiger partial charge >= 0.3 is 0 Å². The lowest BCUT2D eigenvalue weighted by atomic mass is 9.66. The Bertz CT molecular complexity index is 810. The van der Waals surface area contributed by atoms with Gasteiger partial charge in [0.25, 0.3) is 0 Å². The normalized spacial score (nSPS) is 24.8. The van der Waals surface area contributed by atoms with Crippen LogP contribution in [0.25, 0.3) is 0 Å². The van der Waals surface area contributed by atoms with E-state index in [1.807, 2.05) is 52.0 Å². The van der Waals surface area contributed by atoms with Gasteiger partial charge in [-0.2, -0.15) is 0 Å². The van der Waals surface area contributed by atoms with Gasteiger partial charge < -0.3 is 15.3 Å². The summed E-state index contributed by atoms with van der Waals surface area (Å²) in [5.74, 6) is -0.223. The molecule has 1 aromatic rings. The van der Waals surface area contributed by atoms with E-state index in [9.17, 15) is 14.7 Å². The smallest absolute Gasteiger partial charge is 0.245 e. The summed E-state index contributed by atoms with van der Waals surface area (Å²) in [4.78, 5) is 27.8. The van der Waals surface area contributed by atoms with E-state index in [1.165, 1.54) is 0 Å². The number of nitrogens with one attached hydrogen (secondary N) is 1. The van der Waals surface area contributed by atoms with E-state index >= 15 is 0 Å². The molecule has 164 valence electrons. The first kappa shape index (κ1) is 22.8. The van der Waals surface area contributed by atoms with Crippen LogP contribution in [-0.2, 0) is 15.2 Å². The van der Waals surface area contributed by atoms with E-state index in [0.29, 0.717) is 24.5 Å². The average molecular weight is 433 g/mol. The van der Waals surface area contributed by atoms with Crippen LogP contribution in [0.5, 0.6) is 0 Å². The Kier molecular flexibility index (Phi) is 6.63. The zero-order chi connectivity index (χ0) is 22.1. The fourth-order valence-corrected chi connectivity index (χ4v) is 4.71. The first-order valence-electron chi connectivity index (χ1n) is 10.8. The van der Waals surface area contributed by atoms with E-state index < -0.39 is 17.1 Å². The number of piperidine rings is 1. The number of hydrogen-bond donors (Lipinski definition) is 2. The van der Waals surface area contributed by atoms with Gasteiger partial charge in [-0.1, -0.05) is 63.6 Å². The molecule has 1 aromatic carbocycles. The molecule has 1 heterocycles. The summed E-state index contributed by atoms with van der Waals surface area (Å²) >= 11 is 6.01. The van der Waals surface area contributed by atoms with Gasteiger partial charge in [0.2, 0.25) is 11.8 Å². The van der Waals surface area contributed by atoms with Crippen LogP contribution in [-0.4, -0.2) is 41.0 Å². The Labute approximate surface area is 184 Å². The Morgan fingerprint density at radius 3 is 2.30 bits per heavy atom. The quantitative estimate of drug-likeness (QED) is 0.693. The van der Waals surface area contributed by atoms with Crippen molar-refractivity contribution >= 4 is 23.4 Å². The highest BCUT2D eigenvalue weighted by Crippen LogP contribution is 2.46. The van der Waals surface area contributed by atoms with Crippen LogP contribution < -0.4 is 5.32 Å². The van der Waals surface area contributed by atoms with Crippen LogP contribution in [0.3, 0.4) is 0 Å². The fourth-order valence-electron chi connectivity index (χ4n) is 4.58. The summed E-state index contributed by atoms with van der Waals surface area (Å²) in [5.41, 5.74) is -0.803. The fraction of sp³-hybridized carbons (Fsp3) is 0.583. The van der Waals surface area contributed by atoms with Crippen molar-refractivity contribution in [2.24, 2.45) is 17.3 Å². The molecule has 3 rings (SSSR count). The van der Waals surface area contributed by atoms with Crippen molar-refractivity contribution in [1.82, 2.24) is 10.2 Å². The maximum absolute atomic E-state index is 13.4. The molecule has 2 aliphatic rings. The van der Waals surface area contributed by atoms with E-state index in [4.69, 9.17) is 11.6 Å². The molecule has 0 aromatic heterocycles. The zero-order valence-corrected chi connectivity index (χ0v) is 19.1. The van der Waals surface area contributed by atoms with Crippen molar-refractivity contribution in [2.75, 3.05) is 13.1 Å². The van der Waals surface area contributed by atoms with E-state index in [1.54, 1.807) is 17.0 Å². The molecule has 0 bridgehead atoms. The third kappa shape index (κ3) is 4.42. The SMILES string of the molecule is CC(C)[C@@H](NC(=O)C1CC=CC1)C(=O)N1CC[C@](O)(c2ccc(Cl)cc2)C(C)(C)C1. The number of hydrogen-bond acceptors (Lipinski definition) is 3. The highest BCUT2D eigenvalue weighted by atomic mass is 35.5. The third-order valence-corrected chi connectivity index (χ3v) is 6.94. The van der Waals surface area contributed by atoms with Crippen molar-refractivity contribution in [2.45, 2.75) is 58.6 Å². The lowest BCUT2D eigenvalue weighted by Crippen LogP contribution is -2.60. The van der Waals surface area contributed by atoms with Gasteiger partial charge in [0.15, 0.2) is 0 Å². The van der Waals surface area contributed by atoms with Crippen LogP contribution in [0.15, 0.2) is 36.4 Å². The number of allylic oxidation sites excluding steroid dienone is 2. The third-order valence-electron chi connectivity index (χ3n) is 6.69. The standard InChI is InChI=1S/C24H33ClN2O3/c1-16(2)20(26-21(28)17-7-5-6-8-17)22(29)27-14-13-24(30,23(3,4)15-27)18-9-11-19(25)12-10-18/h5-6,9-12,16-17,20,30H,7-8,13-15H2,1-4H3,(H,26,28)/t20-,24+/m1/s1. The molecule has 2 atom stereocenters. The van der Waals surface area contributed by atoms with Crippen LogP contribution in [0, 0.1) is 17.3 Å². The molecule has 6 heteroatoms. The number of likely N-dealkylation sites (tertiary alicyclic amines) is 1. The van der Waals surface area contributed by atoms with Crippen LogP contribution in [0.4, 0.5) is 0 Å². The molecule has 2 N–H and O–H groups in total. The van der Waals surface area contributed by atoms with Crippen molar-refractivity contribution in [1.29, 1.82) is 0 Å². The second-order valence-corrected chi connectivity index (χ2v) is 10.1. The molecule has 1 fully saturated rings. The monoisotopic (exact) mass is 432 g/mol. The summed E-state index contributed by atoms with van der Waals surface area (Å²) in [6.45, 7) is 8.71. The number of carbonyl (C=O) groups excluding carboxylic acids is 2. The molecule has 0 radical (unpaired) electrons. The maximum atomic E-state index is 13.4. The van der Waals surface area contributed by atoms with Gasteiger partial charge in [-0.3, -0.25) is 9.59 Å². The van der Waals surface area contributed by atoms with Crippen molar-refractivity contribution in [3.05, 3.63) is 47.0 Å².